The lowest BCUT2D eigenvalue weighted by Gasteiger charge is -2.19. The van der Waals surface area contributed by atoms with Gasteiger partial charge in [0.25, 0.3) is 5.91 Å². The first-order valence-corrected chi connectivity index (χ1v) is 6.87. The molecular formula is C13H15BrClNO3. The number of carbonyl (C=O) groups is 2. The number of hydrogen-bond acceptors (Lipinski definition) is 3. The van der Waals surface area contributed by atoms with Crippen molar-refractivity contribution >= 4 is 39.4 Å². The molecule has 1 amide bonds. The number of carbonyl (C=O) groups excluding carboxylic acids is 2. The molecule has 0 aliphatic rings. The molecule has 0 aromatic heterocycles. The van der Waals surface area contributed by atoms with Crippen LogP contribution in [0.1, 0.15) is 24.2 Å². The van der Waals surface area contributed by atoms with Crippen LogP contribution in [0.3, 0.4) is 0 Å². The summed E-state index contributed by atoms with van der Waals surface area (Å²) >= 11 is 9.14. The topological polar surface area (TPSA) is 55.4 Å². The van der Waals surface area contributed by atoms with E-state index in [4.69, 9.17) is 11.6 Å². The predicted octanol–water partition coefficient (Wildman–Crippen LogP) is 3.03. The highest BCUT2D eigenvalue weighted by Gasteiger charge is 2.25. The molecule has 0 saturated carbocycles. The van der Waals surface area contributed by atoms with E-state index in [1.54, 1.807) is 12.1 Å². The van der Waals surface area contributed by atoms with Crippen LogP contribution in [0.15, 0.2) is 22.7 Å². The van der Waals surface area contributed by atoms with Crippen molar-refractivity contribution in [3.05, 3.63) is 33.3 Å². The summed E-state index contributed by atoms with van der Waals surface area (Å²) in [5.74, 6) is -0.907. The zero-order chi connectivity index (χ0) is 14.6. The molecule has 1 atom stereocenters. The molecule has 6 heteroatoms. The van der Waals surface area contributed by atoms with Crippen molar-refractivity contribution in [2.24, 2.45) is 5.92 Å². The molecule has 1 N–H and O–H groups in total. The molecule has 0 aliphatic carbocycles. The molecule has 104 valence electrons. The fourth-order valence-electron chi connectivity index (χ4n) is 1.53. The lowest BCUT2D eigenvalue weighted by Crippen LogP contribution is -2.45. The minimum atomic E-state index is -0.685. The van der Waals surface area contributed by atoms with Gasteiger partial charge in [0.05, 0.1) is 7.11 Å². The smallest absolute Gasteiger partial charge is 0.328 e. The predicted molar refractivity (Wildman–Crippen MR) is 77.3 cm³/mol. The minimum Gasteiger partial charge on any atom is -0.467 e. The number of amides is 1. The third-order valence-electron chi connectivity index (χ3n) is 2.53. The van der Waals surface area contributed by atoms with Crippen molar-refractivity contribution < 1.29 is 14.3 Å². The SMILES string of the molecule is COC(=O)C(NC(=O)c1cc(Cl)cc(Br)c1)C(C)C. The molecule has 0 fully saturated rings. The Morgan fingerprint density at radius 2 is 1.95 bits per heavy atom. The van der Waals surface area contributed by atoms with Gasteiger partial charge in [-0.3, -0.25) is 4.79 Å². The fourth-order valence-corrected chi connectivity index (χ4v) is 2.39. The van der Waals surface area contributed by atoms with Crippen LogP contribution < -0.4 is 5.32 Å². The van der Waals surface area contributed by atoms with Gasteiger partial charge in [-0.2, -0.15) is 0 Å². The number of hydrogen-bond donors (Lipinski definition) is 1. The Balaban J connectivity index is 2.90. The third kappa shape index (κ3) is 4.51. The van der Waals surface area contributed by atoms with Gasteiger partial charge in [0.2, 0.25) is 0 Å². The van der Waals surface area contributed by atoms with Crippen molar-refractivity contribution in [1.82, 2.24) is 5.32 Å². The summed E-state index contributed by atoms with van der Waals surface area (Å²) < 4.78 is 5.37. The molecule has 0 heterocycles. The van der Waals surface area contributed by atoms with Crippen molar-refractivity contribution in [1.29, 1.82) is 0 Å². The Labute approximate surface area is 125 Å². The summed E-state index contributed by atoms with van der Waals surface area (Å²) in [6, 6.07) is 4.17. The number of halogens is 2. The van der Waals surface area contributed by atoms with E-state index in [2.05, 4.69) is 26.0 Å². The van der Waals surface area contributed by atoms with Gasteiger partial charge >= 0.3 is 5.97 Å². The third-order valence-corrected chi connectivity index (χ3v) is 3.21. The molecule has 19 heavy (non-hydrogen) atoms. The van der Waals surface area contributed by atoms with Crippen molar-refractivity contribution in [2.75, 3.05) is 7.11 Å². The van der Waals surface area contributed by atoms with E-state index in [0.717, 1.165) is 0 Å². The molecule has 0 spiro atoms. The van der Waals surface area contributed by atoms with Crippen LogP contribution in [0.25, 0.3) is 0 Å². The zero-order valence-corrected chi connectivity index (χ0v) is 13.2. The van der Waals surface area contributed by atoms with E-state index in [1.165, 1.54) is 13.2 Å². The molecule has 4 nitrogen and oxygen atoms in total. The van der Waals surface area contributed by atoms with Gasteiger partial charge in [0.1, 0.15) is 6.04 Å². The molecule has 0 saturated heterocycles. The lowest BCUT2D eigenvalue weighted by atomic mass is 10.0. The maximum Gasteiger partial charge on any atom is 0.328 e. The van der Waals surface area contributed by atoms with E-state index < -0.39 is 12.0 Å². The van der Waals surface area contributed by atoms with Crippen molar-refractivity contribution in [2.45, 2.75) is 19.9 Å². The Bertz CT molecular complexity index is 471. The first kappa shape index (κ1) is 16.0. The van der Waals surface area contributed by atoms with Crippen molar-refractivity contribution in [3.8, 4) is 0 Å². The van der Waals surface area contributed by atoms with Gasteiger partial charge in [-0.05, 0) is 24.1 Å². The van der Waals surface area contributed by atoms with Crippen LogP contribution >= 0.6 is 27.5 Å². The summed E-state index contributed by atoms with van der Waals surface area (Å²) in [7, 11) is 1.29. The van der Waals surface area contributed by atoms with Gasteiger partial charge < -0.3 is 10.1 Å². The van der Waals surface area contributed by atoms with Gasteiger partial charge in [-0.25, -0.2) is 4.79 Å². The van der Waals surface area contributed by atoms with Crippen molar-refractivity contribution in [3.63, 3.8) is 0 Å². The molecule has 0 aliphatic heterocycles. The second-order valence-corrected chi connectivity index (χ2v) is 5.73. The van der Waals surface area contributed by atoms with Gasteiger partial charge in [-0.15, -0.1) is 0 Å². The molecule has 1 unspecified atom stereocenters. The van der Waals surface area contributed by atoms with Crippen LogP contribution in [0.2, 0.25) is 5.02 Å². The highest BCUT2D eigenvalue weighted by atomic mass is 79.9. The summed E-state index contributed by atoms with van der Waals surface area (Å²) in [5, 5.41) is 3.09. The summed E-state index contributed by atoms with van der Waals surface area (Å²) in [4.78, 5) is 23.7. The molecule has 1 aromatic rings. The first-order chi connectivity index (χ1) is 8.85. The van der Waals surface area contributed by atoms with E-state index >= 15 is 0 Å². The highest BCUT2D eigenvalue weighted by molar-refractivity contribution is 9.10. The average molecular weight is 349 g/mol. The maximum absolute atomic E-state index is 12.1. The second kappa shape index (κ2) is 6.91. The molecular weight excluding hydrogens is 334 g/mol. The monoisotopic (exact) mass is 347 g/mol. The number of benzene rings is 1. The van der Waals surface area contributed by atoms with E-state index in [1.807, 2.05) is 13.8 Å². The van der Waals surface area contributed by atoms with Crippen LogP contribution in [0.4, 0.5) is 0 Å². The summed E-state index contributed by atoms with van der Waals surface area (Å²) in [6.07, 6.45) is 0. The highest BCUT2D eigenvalue weighted by Crippen LogP contribution is 2.19. The fraction of sp³-hybridized carbons (Fsp3) is 0.385. The van der Waals surface area contributed by atoms with Gasteiger partial charge in [-0.1, -0.05) is 41.4 Å². The standard InChI is InChI=1S/C13H15BrClNO3/c1-7(2)11(13(18)19-3)16-12(17)8-4-9(14)6-10(15)5-8/h4-7,11H,1-3H3,(H,16,17). The second-order valence-electron chi connectivity index (χ2n) is 4.38. The number of rotatable bonds is 4. The molecule has 0 radical (unpaired) electrons. The molecule has 1 aromatic carbocycles. The van der Waals surface area contributed by atoms with Gasteiger partial charge in [0, 0.05) is 15.1 Å². The summed E-state index contributed by atoms with van der Waals surface area (Å²) in [5.41, 5.74) is 0.383. The van der Waals surface area contributed by atoms with Gasteiger partial charge in [0.15, 0.2) is 0 Å². The van der Waals surface area contributed by atoms with Crippen LogP contribution in [0.5, 0.6) is 0 Å². The van der Waals surface area contributed by atoms with Crippen LogP contribution in [-0.4, -0.2) is 25.0 Å². The Morgan fingerprint density at radius 1 is 1.32 bits per heavy atom. The van der Waals surface area contributed by atoms with Crippen LogP contribution in [0, 0.1) is 5.92 Å². The quantitative estimate of drug-likeness (QED) is 0.851. The largest absolute Gasteiger partial charge is 0.467 e. The number of nitrogens with one attached hydrogen (secondary N) is 1. The minimum absolute atomic E-state index is 0.0703. The van der Waals surface area contributed by atoms with Crippen LogP contribution in [-0.2, 0) is 9.53 Å². The van der Waals surface area contributed by atoms with E-state index in [9.17, 15) is 9.59 Å². The number of methoxy groups -OCH3 is 1. The Morgan fingerprint density at radius 3 is 2.42 bits per heavy atom. The normalized spacial score (nSPS) is 12.1. The first-order valence-electron chi connectivity index (χ1n) is 5.70. The number of esters is 1. The lowest BCUT2D eigenvalue weighted by molar-refractivity contribution is -0.144. The van der Waals surface area contributed by atoms with E-state index in [-0.39, 0.29) is 11.8 Å². The number of ether oxygens (including phenoxy) is 1. The Hall–Kier alpha value is -1.07. The maximum atomic E-state index is 12.1. The summed E-state index contributed by atoms with van der Waals surface area (Å²) in [6.45, 7) is 3.66. The average Bonchev–Trinajstić information content (AvgIpc) is 2.33. The molecule has 1 rings (SSSR count). The Kier molecular flexibility index (Phi) is 5.82. The van der Waals surface area contributed by atoms with E-state index in [0.29, 0.717) is 15.1 Å². The molecule has 0 bridgehead atoms. The zero-order valence-electron chi connectivity index (χ0n) is 10.9.